The Labute approximate surface area is 121 Å². The number of hydrogen-bond donors (Lipinski definition) is 2. The third-order valence-corrected chi connectivity index (χ3v) is 2.97. The van der Waals surface area contributed by atoms with Crippen molar-refractivity contribution in [1.82, 2.24) is 9.97 Å². The van der Waals surface area contributed by atoms with E-state index in [0.717, 1.165) is 6.42 Å². The highest BCUT2D eigenvalue weighted by Gasteiger charge is 2.07. The molecule has 0 aliphatic heterocycles. The molecule has 2 N–H and O–H groups in total. The Bertz CT molecular complexity index is 677. The summed E-state index contributed by atoms with van der Waals surface area (Å²) in [5.74, 6) is -0.0273. The second-order valence-corrected chi connectivity index (χ2v) is 4.54. The van der Waals surface area contributed by atoms with Gasteiger partial charge in [-0.2, -0.15) is 0 Å². The average Bonchev–Trinajstić information content (AvgIpc) is 2.48. The molecule has 0 atom stereocenters. The molecule has 6 nitrogen and oxygen atoms in total. The Hall–Kier alpha value is -2.63. The fourth-order valence-electron chi connectivity index (χ4n) is 1.79. The van der Waals surface area contributed by atoms with Crippen LogP contribution in [0.25, 0.3) is 0 Å². The lowest BCUT2D eigenvalue weighted by Crippen LogP contribution is -2.19. The van der Waals surface area contributed by atoms with E-state index >= 15 is 0 Å². The number of carboxylic acids is 1. The normalized spacial score (nSPS) is 10.3. The maximum Gasteiger partial charge on any atom is 0.308 e. The van der Waals surface area contributed by atoms with E-state index in [1.165, 1.54) is 11.8 Å². The highest BCUT2D eigenvalue weighted by molar-refractivity contribution is 5.69. The SMILES string of the molecule is CCc1ccc(OCc2ncc(CC(=O)O)c(=O)[nH]2)cc1. The third kappa shape index (κ3) is 4.17. The van der Waals surface area contributed by atoms with E-state index < -0.39 is 11.5 Å². The molecule has 21 heavy (non-hydrogen) atoms. The van der Waals surface area contributed by atoms with Crippen LogP contribution < -0.4 is 10.3 Å². The predicted molar refractivity (Wildman–Crippen MR) is 76.3 cm³/mol. The Kier molecular flexibility index (Phi) is 4.71. The van der Waals surface area contributed by atoms with Gasteiger partial charge in [-0.15, -0.1) is 0 Å². The Morgan fingerprint density at radius 1 is 1.33 bits per heavy atom. The number of aliphatic carboxylic acids is 1. The van der Waals surface area contributed by atoms with Gasteiger partial charge in [-0.3, -0.25) is 9.59 Å². The van der Waals surface area contributed by atoms with Crippen molar-refractivity contribution < 1.29 is 14.6 Å². The van der Waals surface area contributed by atoms with Crippen LogP contribution in [0.15, 0.2) is 35.3 Å². The quantitative estimate of drug-likeness (QED) is 0.841. The Morgan fingerprint density at radius 2 is 2.05 bits per heavy atom. The van der Waals surface area contributed by atoms with E-state index in [0.29, 0.717) is 11.6 Å². The van der Waals surface area contributed by atoms with E-state index in [2.05, 4.69) is 16.9 Å². The number of rotatable bonds is 6. The van der Waals surface area contributed by atoms with Crippen LogP contribution in [0.4, 0.5) is 0 Å². The molecule has 1 aromatic carbocycles. The second kappa shape index (κ2) is 6.69. The molecule has 0 bridgehead atoms. The van der Waals surface area contributed by atoms with Gasteiger partial charge in [0.05, 0.1) is 6.42 Å². The first kappa shape index (κ1) is 14.8. The van der Waals surface area contributed by atoms with E-state index in [1.54, 1.807) is 0 Å². The number of aryl methyl sites for hydroxylation is 1. The van der Waals surface area contributed by atoms with Gasteiger partial charge in [0.15, 0.2) is 0 Å². The summed E-state index contributed by atoms with van der Waals surface area (Å²) >= 11 is 0. The largest absolute Gasteiger partial charge is 0.486 e. The second-order valence-electron chi connectivity index (χ2n) is 4.54. The molecule has 0 saturated carbocycles. The van der Waals surface area contributed by atoms with Crippen molar-refractivity contribution in [2.75, 3.05) is 0 Å². The lowest BCUT2D eigenvalue weighted by atomic mass is 10.2. The highest BCUT2D eigenvalue weighted by Crippen LogP contribution is 2.13. The molecule has 110 valence electrons. The minimum atomic E-state index is -1.07. The molecular weight excluding hydrogens is 272 g/mol. The fourth-order valence-corrected chi connectivity index (χ4v) is 1.79. The number of ether oxygens (including phenoxy) is 1. The standard InChI is InChI=1S/C15H16N2O4/c1-2-10-3-5-12(6-4-10)21-9-13-16-8-11(7-14(18)19)15(20)17-13/h3-6,8H,2,7,9H2,1H3,(H,18,19)(H,16,17,20). The number of hydrogen-bond acceptors (Lipinski definition) is 4. The van der Waals surface area contributed by atoms with Crippen LogP contribution in [-0.2, 0) is 24.2 Å². The van der Waals surface area contributed by atoms with Gasteiger partial charge in [0.2, 0.25) is 0 Å². The van der Waals surface area contributed by atoms with Crippen molar-refractivity contribution >= 4 is 5.97 Å². The fraction of sp³-hybridized carbons (Fsp3) is 0.267. The third-order valence-electron chi connectivity index (χ3n) is 2.97. The first-order valence-electron chi connectivity index (χ1n) is 6.59. The first-order valence-corrected chi connectivity index (χ1v) is 6.59. The van der Waals surface area contributed by atoms with Crippen LogP contribution >= 0.6 is 0 Å². The summed E-state index contributed by atoms with van der Waals surface area (Å²) in [6.45, 7) is 2.19. The number of aromatic amines is 1. The molecular formula is C15H16N2O4. The summed E-state index contributed by atoms with van der Waals surface area (Å²) in [6.07, 6.45) is 1.88. The number of H-pyrrole nitrogens is 1. The summed E-state index contributed by atoms with van der Waals surface area (Å²) in [4.78, 5) is 28.7. The van der Waals surface area contributed by atoms with Gasteiger partial charge >= 0.3 is 5.97 Å². The van der Waals surface area contributed by atoms with Gasteiger partial charge in [0.1, 0.15) is 18.2 Å². The monoisotopic (exact) mass is 288 g/mol. The molecule has 0 unspecified atom stereocenters. The van der Waals surface area contributed by atoms with Crippen LogP contribution in [0.3, 0.4) is 0 Å². The molecule has 2 rings (SSSR count). The summed E-state index contributed by atoms with van der Waals surface area (Å²) in [5.41, 5.74) is 0.887. The van der Waals surface area contributed by atoms with Crippen LogP contribution in [0, 0.1) is 0 Å². The van der Waals surface area contributed by atoms with E-state index in [1.807, 2.05) is 24.3 Å². The Balaban J connectivity index is 2.01. The zero-order chi connectivity index (χ0) is 15.2. The average molecular weight is 288 g/mol. The summed E-state index contributed by atoms with van der Waals surface area (Å²) < 4.78 is 5.52. The molecule has 0 spiro atoms. The molecule has 0 aliphatic carbocycles. The number of carboxylic acid groups (broad SMARTS) is 1. The molecule has 0 radical (unpaired) electrons. The van der Waals surface area contributed by atoms with Crippen molar-refractivity contribution in [1.29, 1.82) is 0 Å². The minimum Gasteiger partial charge on any atom is -0.486 e. The van der Waals surface area contributed by atoms with Gasteiger partial charge in [-0.25, -0.2) is 4.98 Å². The molecule has 0 saturated heterocycles. The lowest BCUT2D eigenvalue weighted by molar-refractivity contribution is -0.136. The van der Waals surface area contributed by atoms with Crippen molar-refractivity contribution in [3.05, 3.63) is 57.8 Å². The number of nitrogens with one attached hydrogen (secondary N) is 1. The maximum absolute atomic E-state index is 11.7. The van der Waals surface area contributed by atoms with E-state index in [9.17, 15) is 9.59 Å². The van der Waals surface area contributed by atoms with Gasteiger partial charge in [0, 0.05) is 11.8 Å². The van der Waals surface area contributed by atoms with E-state index in [4.69, 9.17) is 9.84 Å². The highest BCUT2D eigenvalue weighted by atomic mass is 16.5. The number of carbonyl (C=O) groups is 1. The van der Waals surface area contributed by atoms with Crippen LogP contribution in [-0.4, -0.2) is 21.0 Å². The van der Waals surface area contributed by atoms with Gasteiger partial charge in [-0.05, 0) is 24.1 Å². The smallest absolute Gasteiger partial charge is 0.308 e. The van der Waals surface area contributed by atoms with Gasteiger partial charge < -0.3 is 14.8 Å². The maximum atomic E-state index is 11.7. The molecule has 1 heterocycles. The molecule has 1 aromatic heterocycles. The number of aromatic nitrogens is 2. The van der Waals surface area contributed by atoms with Crippen LogP contribution in [0.5, 0.6) is 5.75 Å². The summed E-state index contributed by atoms with van der Waals surface area (Å²) in [6, 6.07) is 7.66. The molecule has 2 aromatic rings. The summed E-state index contributed by atoms with van der Waals surface area (Å²) in [7, 11) is 0. The zero-order valence-corrected chi connectivity index (χ0v) is 11.6. The molecule has 0 aliphatic rings. The van der Waals surface area contributed by atoms with Crippen LogP contribution in [0.1, 0.15) is 23.9 Å². The van der Waals surface area contributed by atoms with Crippen molar-refractivity contribution in [3.63, 3.8) is 0 Å². The number of nitrogens with zero attached hydrogens (tertiary/aromatic N) is 1. The lowest BCUT2D eigenvalue weighted by Gasteiger charge is -2.06. The first-order chi connectivity index (χ1) is 10.1. The molecule has 6 heteroatoms. The van der Waals surface area contributed by atoms with Gasteiger partial charge in [-0.1, -0.05) is 19.1 Å². The van der Waals surface area contributed by atoms with Crippen molar-refractivity contribution in [3.8, 4) is 5.75 Å². The van der Waals surface area contributed by atoms with E-state index in [-0.39, 0.29) is 18.6 Å². The predicted octanol–water partition coefficient (Wildman–Crippen LogP) is 1.54. The summed E-state index contributed by atoms with van der Waals surface area (Å²) in [5, 5.41) is 8.65. The van der Waals surface area contributed by atoms with Gasteiger partial charge in [0.25, 0.3) is 5.56 Å². The van der Waals surface area contributed by atoms with Crippen molar-refractivity contribution in [2.45, 2.75) is 26.4 Å². The topological polar surface area (TPSA) is 92.3 Å². The Morgan fingerprint density at radius 3 is 2.62 bits per heavy atom. The molecule has 0 amide bonds. The van der Waals surface area contributed by atoms with Crippen molar-refractivity contribution in [2.24, 2.45) is 0 Å². The number of benzene rings is 1. The molecule has 0 fully saturated rings. The minimum absolute atomic E-state index is 0.119. The van der Waals surface area contributed by atoms with Crippen LogP contribution in [0.2, 0.25) is 0 Å². The zero-order valence-electron chi connectivity index (χ0n) is 11.6.